The lowest BCUT2D eigenvalue weighted by molar-refractivity contribution is 0.0567. The van der Waals surface area contributed by atoms with E-state index in [9.17, 15) is 4.79 Å². The minimum atomic E-state index is -0.456. The van der Waals surface area contributed by atoms with Crippen LogP contribution in [0.2, 0.25) is 0 Å². The van der Waals surface area contributed by atoms with Gasteiger partial charge in [0.2, 0.25) is 5.76 Å². The molecular formula is C13H13ClO3S. The summed E-state index contributed by atoms with van der Waals surface area (Å²) in [6.45, 7) is 0. The van der Waals surface area contributed by atoms with Gasteiger partial charge in [-0.3, -0.25) is 0 Å². The first-order valence-corrected chi connectivity index (χ1v) is 7.07. The predicted molar refractivity (Wildman–Crippen MR) is 73.6 cm³/mol. The van der Waals surface area contributed by atoms with E-state index in [1.54, 1.807) is 17.8 Å². The molecule has 0 radical (unpaired) electrons. The van der Waals surface area contributed by atoms with Gasteiger partial charge in [-0.05, 0) is 36.4 Å². The molecule has 0 spiro atoms. The topological polar surface area (TPSA) is 39.4 Å². The van der Waals surface area contributed by atoms with Crippen LogP contribution in [0.5, 0.6) is 0 Å². The van der Waals surface area contributed by atoms with Gasteiger partial charge < -0.3 is 9.15 Å². The van der Waals surface area contributed by atoms with Gasteiger partial charge in [-0.1, -0.05) is 0 Å². The molecule has 0 saturated heterocycles. The zero-order chi connectivity index (χ0) is 13.0. The van der Waals surface area contributed by atoms with Gasteiger partial charge in [-0.2, -0.15) is 0 Å². The highest BCUT2D eigenvalue weighted by Gasteiger charge is 2.12. The summed E-state index contributed by atoms with van der Waals surface area (Å²) in [4.78, 5) is 12.5. The van der Waals surface area contributed by atoms with E-state index in [-0.39, 0.29) is 5.76 Å². The second kappa shape index (κ2) is 6.16. The number of fused-ring (bicyclic) bond motifs is 1. The van der Waals surface area contributed by atoms with Crippen molar-refractivity contribution >= 4 is 40.3 Å². The third-order valence-corrected chi connectivity index (χ3v) is 3.77. The van der Waals surface area contributed by atoms with Gasteiger partial charge in [0.05, 0.1) is 7.11 Å². The number of hydrogen-bond acceptors (Lipinski definition) is 4. The summed E-state index contributed by atoms with van der Waals surface area (Å²) in [5, 5.41) is 0.909. The molecule has 0 aliphatic heterocycles. The maximum absolute atomic E-state index is 11.3. The van der Waals surface area contributed by atoms with Gasteiger partial charge in [-0.25, -0.2) is 4.79 Å². The Hall–Kier alpha value is -1.13. The van der Waals surface area contributed by atoms with Crippen molar-refractivity contribution in [1.82, 2.24) is 0 Å². The zero-order valence-electron chi connectivity index (χ0n) is 9.94. The number of benzene rings is 1. The van der Waals surface area contributed by atoms with Gasteiger partial charge in [0, 0.05) is 16.2 Å². The normalized spacial score (nSPS) is 10.8. The molecule has 96 valence electrons. The maximum Gasteiger partial charge on any atom is 0.373 e. The molecule has 1 aromatic carbocycles. The Kier molecular flexibility index (Phi) is 4.55. The van der Waals surface area contributed by atoms with Gasteiger partial charge in [0.1, 0.15) is 5.58 Å². The minimum Gasteiger partial charge on any atom is -0.463 e. The Morgan fingerprint density at radius 2 is 2.28 bits per heavy atom. The van der Waals surface area contributed by atoms with E-state index in [1.165, 1.54) is 7.11 Å². The molecule has 0 N–H and O–H groups in total. The molecule has 0 fully saturated rings. The molecule has 18 heavy (non-hydrogen) atoms. The largest absolute Gasteiger partial charge is 0.463 e. The first-order chi connectivity index (χ1) is 8.74. The van der Waals surface area contributed by atoms with Crippen LogP contribution >= 0.6 is 23.4 Å². The highest BCUT2D eigenvalue weighted by Crippen LogP contribution is 2.26. The summed E-state index contributed by atoms with van der Waals surface area (Å²) in [5.41, 5.74) is 0.692. The van der Waals surface area contributed by atoms with E-state index in [2.05, 4.69) is 4.74 Å². The number of carbonyl (C=O) groups is 1. The number of hydrogen-bond donors (Lipinski definition) is 0. The first kappa shape index (κ1) is 13.3. The van der Waals surface area contributed by atoms with E-state index in [1.807, 2.05) is 18.2 Å². The van der Waals surface area contributed by atoms with Crippen LogP contribution in [0, 0.1) is 0 Å². The second-order valence-electron chi connectivity index (χ2n) is 3.69. The number of thioether (sulfide) groups is 1. The standard InChI is InChI=1S/C13H13ClO3S/c1-16-13(15)12-8-9-7-10(18-6-2-5-14)3-4-11(9)17-12/h3-4,7-8H,2,5-6H2,1H3. The fourth-order valence-corrected chi connectivity index (χ4v) is 2.75. The van der Waals surface area contributed by atoms with E-state index < -0.39 is 5.97 Å². The van der Waals surface area contributed by atoms with Crippen LogP contribution < -0.4 is 0 Å². The van der Waals surface area contributed by atoms with E-state index in [0.717, 1.165) is 22.5 Å². The molecule has 0 aliphatic carbocycles. The SMILES string of the molecule is COC(=O)c1cc2cc(SCCCCl)ccc2o1. The highest BCUT2D eigenvalue weighted by molar-refractivity contribution is 7.99. The smallest absolute Gasteiger partial charge is 0.373 e. The minimum absolute atomic E-state index is 0.232. The van der Waals surface area contributed by atoms with Crippen molar-refractivity contribution in [1.29, 1.82) is 0 Å². The lowest BCUT2D eigenvalue weighted by Gasteiger charge is -1.99. The van der Waals surface area contributed by atoms with E-state index in [0.29, 0.717) is 11.5 Å². The molecule has 0 amide bonds. The number of methoxy groups -OCH3 is 1. The van der Waals surface area contributed by atoms with Crippen molar-refractivity contribution < 1.29 is 13.9 Å². The van der Waals surface area contributed by atoms with Crippen LogP contribution in [-0.4, -0.2) is 24.7 Å². The van der Waals surface area contributed by atoms with Crippen LogP contribution in [0.1, 0.15) is 17.0 Å². The monoisotopic (exact) mass is 284 g/mol. The molecule has 0 atom stereocenters. The number of esters is 1. The van der Waals surface area contributed by atoms with Gasteiger partial charge >= 0.3 is 5.97 Å². The summed E-state index contributed by atoms with van der Waals surface area (Å²) >= 11 is 7.38. The number of furan rings is 1. The molecule has 1 heterocycles. The third kappa shape index (κ3) is 3.00. The fraction of sp³-hybridized carbons (Fsp3) is 0.308. The molecule has 1 aromatic heterocycles. The predicted octanol–water partition coefficient (Wildman–Crippen LogP) is 3.94. The number of halogens is 1. The summed E-state index contributed by atoms with van der Waals surface area (Å²) in [6.07, 6.45) is 0.975. The van der Waals surface area contributed by atoms with Gasteiger partial charge in [0.15, 0.2) is 0 Å². The lowest BCUT2D eigenvalue weighted by Crippen LogP contribution is -1.97. The quantitative estimate of drug-likeness (QED) is 0.361. The fourth-order valence-electron chi connectivity index (χ4n) is 1.56. The molecule has 2 rings (SSSR count). The van der Waals surface area contributed by atoms with Crippen molar-refractivity contribution in [2.24, 2.45) is 0 Å². The Balaban J connectivity index is 2.20. The number of ether oxygens (including phenoxy) is 1. The van der Waals surface area contributed by atoms with Gasteiger partial charge in [-0.15, -0.1) is 23.4 Å². The van der Waals surface area contributed by atoms with Crippen molar-refractivity contribution in [2.75, 3.05) is 18.7 Å². The Bertz CT molecular complexity index is 550. The molecule has 5 heteroatoms. The summed E-state index contributed by atoms with van der Waals surface area (Å²) < 4.78 is 10.0. The first-order valence-electron chi connectivity index (χ1n) is 5.55. The average Bonchev–Trinajstić information content (AvgIpc) is 2.81. The second-order valence-corrected chi connectivity index (χ2v) is 5.24. The molecular weight excluding hydrogens is 272 g/mol. The maximum atomic E-state index is 11.3. The molecule has 3 nitrogen and oxygen atoms in total. The van der Waals surface area contributed by atoms with E-state index >= 15 is 0 Å². The summed E-state index contributed by atoms with van der Waals surface area (Å²) in [7, 11) is 1.34. The Morgan fingerprint density at radius 1 is 1.44 bits per heavy atom. The average molecular weight is 285 g/mol. The van der Waals surface area contributed by atoms with Crippen molar-refractivity contribution in [3.8, 4) is 0 Å². The summed E-state index contributed by atoms with van der Waals surface area (Å²) in [5.74, 6) is 1.43. The number of carbonyl (C=O) groups excluding carboxylic acids is 1. The molecule has 2 aromatic rings. The number of rotatable bonds is 5. The molecule has 0 unspecified atom stereocenters. The van der Waals surface area contributed by atoms with Crippen molar-refractivity contribution in [2.45, 2.75) is 11.3 Å². The Morgan fingerprint density at radius 3 is 3.00 bits per heavy atom. The highest BCUT2D eigenvalue weighted by atomic mass is 35.5. The lowest BCUT2D eigenvalue weighted by atomic mass is 10.2. The Labute approximate surface area is 114 Å². The van der Waals surface area contributed by atoms with Crippen molar-refractivity contribution in [3.05, 3.63) is 30.0 Å². The van der Waals surface area contributed by atoms with Crippen LogP contribution in [0.25, 0.3) is 11.0 Å². The summed E-state index contributed by atoms with van der Waals surface area (Å²) in [6, 6.07) is 7.55. The molecule has 0 bridgehead atoms. The molecule has 0 aliphatic rings. The van der Waals surface area contributed by atoms with Crippen molar-refractivity contribution in [3.63, 3.8) is 0 Å². The van der Waals surface area contributed by atoms with Crippen LogP contribution in [0.4, 0.5) is 0 Å². The van der Waals surface area contributed by atoms with Crippen LogP contribution in [0.3, 0.4) is 0 Å². The van der Waals surface area contributed by atoms with Crippen LogP contribution in [0.15, 0.2) is 33.6 Å². The molecule has 0 saturated carbocycles. The number of alkyl halides is 1. The van der Waals surface area contributed by atoms with E-state index in [4.69, 9.17) is 16.0 Å². The zero-order valence-corrected chi connectivity index (χ0v) is 11.5. The van der Waals surface area contributed by atoms with Crippen LogP contribution in [-0.2, 0) is 4.74 Å². The third-order valence-electron chi connectivity index (χ3n) is 2.42. The van der Waals surface area contributed by atoms with Gasteiger partial charge in [0.25, 0.3) is 0 Å².